The van der Waals surface area contributed by atoms with Crippen molar-refractivity contribution < 1.29 is 8.42 Å². The van der Waals surface area contributed by atoms with Crippen molar-refractivity contribution in [3.63, 3.8) is 0 Å². The largest absolute Gasteiger partial charge is 0.384 e. The summed E-state index contributed by atoms with van der Waals surface area (Å²) in [5, 5.41) is 2.77. The first-order chi connectivity index (χ1) is 8.60. The summed E-state index contributed by atoms with van der Waals surface area (Å²) in [6, 6.07) is 9.74. The average Bonchev–Trinajstić information content (AvgIpc) is 2.91. The zero-order valence-corrected chi connectivity index (χ0v) is 11.6. The average molecular weight is 267 g/mol. The highest BCUT2D eigenvalue weighted by atomic mass is 32.2. The van der Waals surface area contributed by atoms with Gasteiger partial charge in [-0.2, -0.15) is 0 Å². The van der Waals surface area contributed by atoms with Crippen molar-refractivity contribution in [3.05, 3.63) is 30.3 Å². The number of hydrogen-bond acceptors (Lipinski definition) is 3. The maximum atomic E-state index is 12.3. The molecule has 1 aliphatic rings. The van der Waals surface area contributed by atoms with Crippen LogP contribution in [-0.4, -0.2) is 25.5 Å². The highest BCUT2D eigenvalue weighted by molar-refractivity contribution is 7.92. The third kappa shape index (κ3) is 3.05. The molecule has 0 radical (unpaired) electrons. The second kappa shape index (κ2) is 5.74. The van der Waals surface area contributed by atoms with Gasteiger partial charge in [-0.3, -0.25) is 0 Å². The van der Waals surface area contributed by atoms with Crippen LogP contribution in [0, 0.1) is 0 Å². The van der Waals surface area contributed by atoms with Crippen molar-refractivity contribution in [2.24, 2.45) is 0 Å². The fourth-order valence-electron chi connectivity index (χ4n) is 2.48. The molecule has 1 saturated carbocycles. The van der Waals surface area contributed by atoms with Crippen LogP contribution in [0.15, 0.2) is 30.3 Å². The number of rotatable bonds is 5. The van der Waals surface area contributed by atoms with Gasteiger partial charge in [0.05, 0.1) is 10.5 Å². The van der Waals surface area contributed by atoms with Crippen LogP contribution in [0.2, 0.25) is 0 Å². The first kappa shape index (κ1) is 13.4. The molecular weight excluding hydrogens is 246 g/mol. The Morgan fingerprint density at radius 3 is 2.44 bits per heavy atom. The molecule has 0 saturated heterocycles. The van der Waals surface area contributed by atoms with Crippen LogP contribution in [0.25, 0.3) is 0 Å². The molecule has 4 heteroatoms. The molecule has 2 rings (SSSR count). The van der Waals surface area contributed by atoms with E-state index in [0.717, 1.165) is 31.4 Å². The summed E-state index contributed by atoms with van der Waals surface area (Å²) in [5.74, 6) is 0. The lowest BCUT2D eigenvalue weighted by molar-refractivity contribution is 0.568. The Morgan fingerprint density at radius 2 is 1.83 bits per heavy atom. The monoisotopic (exact) mass is 267 g/mol. The molecule has 1 fully saturated rings. The Bertz CT molecular complexity index is 464. The highest BCUT2D eigenvalue weighted by Gasteiger charge is 2.32. The Morgan fingerprint density at radius 1 is 1.22 bits per heavy atom. The number of nitrogens with one attached hydrogen (secondary N) is 1. The van der Waals surface area contributed by atoms with Crippen LogP contribution < -0.4 is 5.32 Å². The van der Waals surface area contributed by atoms with Crippen LogP contribution in [-0.2, 0) is 9.84 Å². The van der Waals surface area contributed by atoms with E-state index < -0.39 is 9.84 Å². The molecule has 0 aromatic heterocycles. The van der Waals surface area contributed by atoms with Gasteiger partial charge in [-0.15, -0.1) is 0 Å². The van der Waals surface area contributed by atoms with E-state index >= 15 is 0 Å². The predicted molar refractivity (Wildman–Crippen MR) is 75.6 cm³/mol. The van der Waals surface area contributed by atoms with Gasteiger partial charge in [0.25, 0.3) is 0 Å². The van der Waals surface area contributed by atoms with Crippen LogP contribution in [0.5, 0.6) is 0 Å². The molecule has 1 aliphatic carbocycles. The van der Waals surface area contributed by atoms with Crippen LogP contribution in [0.3, 0.4) is 0 Å². The van der Waals surface area contributed by atoms with Gasteiger partial charge < -0.3 is 5.32 Å². The van der Waals surface area contributed by atoms with Gasteiger partial charge in [0.1, 0.15) is 0 Å². The van der Waals surface area contributed by atoms with Crippen LogP contribution in [0.1, 0.15) is 32.6 Å². The summed E-state index contributed by atoms with van der Waals surface area (Å²) < 4.78 is 24.6. The summed E-state index contributed by atoms with van der Waals surface area (Å²) in [6.07, 6.45) is 3.81. The first-order valence-electron chi connectivity index (χ1n) is 6.62. The maximum absolute atomic E-state index is 12.3. The van der Waals surface area contributed by atoms with E-state index in [-0.39, 0.29) is 10.5 Å². The topological polar surface area (TPSA) is 46.2 Å². The molecule has 1 unspecified atom stereocenters. The second-order valence-corrected chi connectivity index (χ2v) is 7.70. The predicted octanol–water partition coefficient (Wildman–Crippen LogP) is 2.84. The van der Waals surface area contributed by atoms with Gasteiger partial charge in [0, 0.05) is 12.2 Å². The van der Waals surface area contributed by atoms with Crippen molar-refractivity contribution in [1.82, 2.24) is 0 Å². The molecule has 0 spiro atoms. The molecule has 0 bridgehead atoms. The van der Waals surface area contributed by atoms with Gasteiger partial charge >= 0.3 is 0 Å². The van der Waals surface area contributed by atoms with Crippen molar-refractivity contribution in [1.29, 1.82) is 0 Å². The van der Waals surface area contributed by atoms with Crippen molar-refractivity contribution in [2.45, 2.75) is 43.1 Å². The lowest BCUT2D eigenvalue weighted by Crippen LogP contribution is -2.33. The molecule has 1 N–H and O–H groups in total. The maximum Gasteiger partial charge on any atom is 0.157 e. The molecule has 100 valence electrons. The Kier molecular flexibility index (Phi) is 4.27. The minimum absolute atomic E-state index is 0.106. The highest BCUT2D eigenvalue weighted by Crippen LogP contribution is 2.27. The van der Waals surface area contributed by atoms with E-state index in [1.54, 1.807) is 0 Å². The molecule has 1 aromatic rings. The van der Waals surface area contributed by atoms with Crippen LogP contribution in [0.4, 0.5) is 5.69 Å². The number of benzene rings is 1. The van der Waals surface area contributed by atoms with E-state index in [0.29, 0.717) is 6.54 Å². The Labute approximate surface area is 110 Å². The van der Waals surface area contributed by atoms with E-state index in [9.17, 15) is 8.42 Å². The van der Waals surface area contributed by atoms with E-state index in [1.807, 2.05) is 37.3 Å². The van der Waals surface area contributed by atoms with Crippen molar-refractivity contribution >= 4 is 15.5 Å². The fourth-order valence-corrected chi connectivity index (χ4v) is 4.44. The summed E-state index contributed by atoms with van der Waals surface area (Å²) >= 11 is 0. The SMILES string of the molecule is CC(CNc1ccccc1)S(=O)(=O)C1CCCC1. The lowest BCUT2D eigenvalue weighted by atomic mass is 10.3. The third-order valence-electron chi connectivity index (χ3n) is 3.70. The van der Waals surface area contributed by atoms with Crippen LogP contribution >= 0.6 is 0 Å². The zero-order chi connectivity index (χ0) is 13.0. The second-order valence-electron chi connectivity index (χ2n) is 5.05. The van der Waals surface area contributed by atoms with Crippen molar-refractivity contribution in [2.75, 3.05) is 11.9 Å². The molecule has 18 heavy (non-hydrogen) atoms. The molecule has 3 nitrogen and oxygen atoms in total. The van der Waals surface area contributed by atoms with Gasteiger partial charge in [0.15, 0.2) is 9.84 Å². The number of para-hydroxylation sites is 1. The third-order valence-corrected chi connectivity index (χ3v) is 6.38. The van der Waals surface area contributed by atoms with E-state index in [1.165, 1.54) is 0 Å². The van der Waals surface area contributed by atoms with Gasteiger partial charge in [-0.05, 0) is 31.9 Å². The van der Waals surface area contributed by atoms with E-state index in [2.05, 4.69) is 5.32 Å². The van der Waals surface area contributed by atoms with Gasteiger partial charge in [-0.1, -0.05) is 31.0 Å². The number of sulfone groups is 1. The Balaban J connectivity index is 1.93. The minimum atomic E-state index is -2.97. The fraction of sp³-hybridized carbons (Fsp3) is 0.571. The lowest BCUT2D eigenvalue weighted by Gasteiger charge is -2.18. The molecule has 0 heterocycles. The summed E-state index contributed by atoms with van der Waals surface area (Å²) in [7, 11) is -2.97. The minimum Gasteiger partial charge on any atom is -0.384 e. The van der Waals surface area contributed by atoms with Gasteiger partial charge in [-0.25, -0.2) is 8.42 Å². The number of anilines is 1. The standard InChI is InChI=1S/C14H21NO2S/c1-12(11-15-13-7-3-2-4-8-13)18(16,17)14-9-5-6-10-14/h2-4,7-8,12,14-15H,5-6,9-11H2,1H3. The molecule has 0 aliphatic heterocycles. The molecule has 1 aromatic carbocycles. The summed E-state index contributed by atoms with van der Waals surface area (Å²) in [6.45, 7) is 2.30. The quantitative estimate of drug-likeness (QED) is 0.892. The van der Waals surface area contributed by atoms with E-state index in [4.69, 9.17) is 0 Å². The van der Waals surface area contributed by atoms with Gasteiger partial charge in [0.2, 0.25) is 0 Å². The summed E-state index contributed by atoms with van der Waals surface area (Å²) in [5.41, 5.74) is 0.978. The smallest absolute Gasteiger partial charge is 0.157 e. The Hall–Kier alpha value is -1.03. The normalized spacial score (nSPS) is 18.7. The summed E-state index contributed by atoms with van der Waals surface area (Å²) in [4.78, 5) is 0. The first-order valence-corrected chi connectivity index (χ1v) is 8.23. The molecule has 0 amide bonds. The molecule has 1 atom stereocenters. The zero-order valence-electron chi connectivity index (χ0n) is 10.8. The van der Waals surface area contributed by atoms with Crippen molar-refractivity contribution in [3.8, 4) is 0 Å². The molecular formula is C14H21NO2S. The number of hydrogen-bond donors (Lipinski definition) is 1.